The number of rotatable bonds is 5. The van der Waals surface area contributed by atoms with Crippen LogP contribution in [-0.4, -0.2) is 38.6 Å². The highest BCUT2D eigenvalue weighted by Crippen LogP contribution is 2.31. The van der Waals surface area contributed by atoms with Gasteiger partial charge >= 0.3 is 0 Å². The van der Waals surface area contributed by atoms with E-state index in [1.165, 1.54) is 0 Å². The van der Waals surface area contributed by atoms with Crippen molar-refractivity contribution in [2.75, 3.05) is 12.8 Å². The van der Waals surface area contributed by atoms with Crippen LogP contribution in [0.1, 0.15) is 47.9 Å². The summed E-state index contributed by atoms with van der Waals surface area (Å²) in [5, 5.41) is 0.798. The number of likely N-dealkylation sites (tertiary alicyclic amines) is 1. The second-order valence-electron chi connectivity index (χ2n) is 6.23. The Morgan fingerprint density at radius 2 is 2.12 bits per heavy atom. The van der Waals surface area contributed by atoms with Crippen LogP contribution < -0.4 is 0 Å². The summed E-state index contributed by atoms with van der Waals surface area (Å²) in [5.74, 6) is 0.222. The van der Waals surface area contributed by atoms with Crippen LogP contribution in [0.25, 0.3) is 0 Å². The van der Waals surface area contributed by atoms with E-state index in [2.05, 4.69) is 21.0 Å². The van der Waals surface area contributed by atoms with Gasteiger partial charge in [-0.2, -0.15) is 0 Å². The van der Waals surface area contributed by atoms with Crippen molar-refractivity contribution in [3.63, 3.8) is 0 Å². The Bertz CT molecular complexity index is 691. The molecule has 0 saturated carbocycles. The molecular formula is C18H24N4OS. The van der Waals surface area contributed by atoms with Crippen molar-refractivity contribution in [2.45, 2.75) is 50.7 Å². The van der Waals surface area contributed by atoms with E-state index < -0.39 is 0 Å². The van der Waals surface area contributed by atoms with E-state index in [-0.39, 0.29) is 11.9 Å². The minimum Gasteiger partial charge on any atom is -0.363 e. The highest BCUT2D eigenvalue weighted by molar-refractivity contribution is 7.98. The minimum absolute atomic E-state index is 0.199. The lowest BCUT2D eigenvalue weighted by molar-refractivity contribution is -0.132. The molecule has 3 heterocycles. The molecule has 128 valence electrons. The molecule has 1 aliphatic heterocycles. The standard InChI is InChI=1S/C18H24N4OS/c1-12-14(13(2)21-18(20-12)24-3)8-9-17(23)22-11-5-7-16(22)15-6-4-10-19-15/h4,6,10,16,19H,5,7-9,11H2,1-3H3/t16-/m1/s1. The van der Waals surface area contributed by atoms with Gasteiger partial charge < -0.3 is 9.88 Å². The summed E-state index contributed by atoms with van der Waals surface area (Å²) in [5.41, 5.74) is 4.22. The summed E-state index contributed by atoms with van der Waals surface area (Å²) in [6.07, 6.45) is 7.23. The van der Waals surface area contributed by atoms with Crippen molar-refractivity contribution < 1.29 is 4.79 Å². The largest absolute Gasteiger partial charge is 0.363 e. The van der Waals surface area contributed by atoms with E-state index in [1.807, 2.05) is 37.3 Å². The van der Waals surface area contributed by atoms with Crippen LogP contribution in [0.5, 0.6) is 0 Å². The Morgan fingerprint density at radius 3 is 2.75 bits per heavy atom. The van der Waals surface area contributed by atoms with Crippen LogP contribution in [0, 0.1) is 13.8 Å². The van der Waals surface area contributed by atoms with Crippen molar-refractivity contribution in [2.24, 2.45) is 0 Å². The summed E-state index contributed by atoms with van der Waals surface area (Å²) in [6.45, 7) is 4.86. The van der Waals surface area contributed by atoms with Crippen molar-refractivity contribution in [1.82, 2.24) is 19.9 Å². The molecule has 1 fully saturated rings. The van der Waals surface area contributed by atoms with Gasteiger partial charge in [0, 0.05) is 36.2 Å². The smallest absolute Gasteiger partial charge is 0.223 e. The predicted molar refractivity (Wildman–Crippen MR) is 96.1 cm³/mol. The first-order valence-corrected chi connectivity index (χ1v) is 9.63. The molecule has 1 N–H and O–H groups in total. The normalized spacial score (nSPS) is 17.5. The summed E-state index contributed by atoms with van der Waals surface area (Å²) in [6, 6.07) is 4.26. The summed E-state index contributed by atoms with van der Waals surface area (Å²) in [4.78, 5) is 27.0. The number of nitrogens with zero attached hydrogens (tertiary/aromatic N) is 3. The Morgan fingerprint density at radius 1 is 1.38 bits per heavy atom. The van der Waals surface area contributed by atoms with Crippen molar-refractivity contribution in [1.29, 1.82) is 0 Å². The minimum atomic E-state index is 0.199. The van der Waals surface area contributed by atoms with E-state index >= 15 is 0 Å². The zero-order valence-electron chi connectivity index (χ0n) is 14.5. The third kappa shape index (κ3) is 3.48. The van der Waals surface area contributed by atoms with E-state index in [0.717, 1.165) is 47.2 Å². The number of H-pyrrole nitrogens is 1. The highest BCUT2D eigenvalue weighted by atomic mass is 32.2. The maximum absolute atomic E-state index is 12.7. The monoisotopic (exact) mass is 344 g/mol. The fourth-order valence-corrected chi connectivity index (χ4v) is 3.93. The van der Waals surface area contributed by atoms with Crippen molar-refractivity contribution in [3.05, 3.63) is 41.0 Å². The number of carbonyl (C=O) groups excluding carboxylic acids is 1. The zero-order valence-corrected chi connectivity index (χ0v) is 15.3. The molecule has 0 aromatic carbocycles. The number of hydrogen-bond donors (Lipinski definition) is 1. The third-order valence-electron chi connectivity index (χ3n) is 4.73. The number of aromatic nitrogens is 3. The van der Waals surface area contributed by atoms with Gasteiger partial charge in [0.15, 0.2) is 5.16 Å². The predicted octanol–water partition coefficient (Wildman–Crippen LogP) is 3.44. The van der Waals surface area contributed by atoms with Gasteiger partial charge in [-0.1, -0.05) is 11.8 Å². The molecule has 1 aliphatic rings. The number of carbonyl (C=O) groups is 1. The number of hydrogen-bond acceptors (Lipinski definition) is 4. The number of amides is 1. The molecule has 0 aliphatic carbocycles. The Balaban J connectivity index is 1.67. The van der Waals surface area contributed by atoms with Crippen LogP contribution in [0.15, 0.2) is 23.5 Å². The molecule has 0 unspecified atom stereocenters. The molecule has 1 saturated heterocycles. The van der Waals surface area contributed by atoms with Crippen LogP contribution in [0.2, 0.25) is 0 Å². The summed E-state index contributed by atoms with van der Waals surface area (Å²) >= 11 is 1.55. The first kappa shape index (κ1) is 17.0. The average Bonchev–Trinajstić information content (AvgIpc) is 3.24. The molecule has 6 heteroatoms. The number of thioether (sulfide) groups is 1. The van der Waals surface area contributed by atoms with Gasteiger partial charge in [0.05, 0.1) is 6.04 Å². The lowest BCUT2D eigenvalue weighted by Gasteiger charge is -2.24. The van der Waals surface area contributed by atoms with Crippen LogP contribution in [0.4, 0.5) is 0 Å². The first-order valence-electron chi connectivity index (χ1n) is 8.41. The maximum Gasteiger partial charge on any atom is 0.223 e. The molecule has 2 aromatic rings. The van der Waals surface area contributed by atoms with Crippen LogP contribution in [0.3, 0.4) is 0 Å². The first-order chi connectivity index (χ1) is 11.6. The second-order valence-corrected chi connectivity index (χ2v) is 7.00. The van der Waals surface area contributed by atoms with E-state index in [9.17, 15) is 4.79 Å². The van der Waals surface area contributed by atoms with Crippen molar-refractivity contribution in [3.8, 4) is 0 Å². The third-order valence-corrected chi connectivity index (χ3v) is 5.27. The van der Waals surface area contributed by atoms with Gasteiger partial charge in [-0.05, 0) is 57.1 Å². The molecule has 0 radical (unpaired) electrons. The zero-order chi connectivity index (χ0) is 17.1. The number of aromatic amines is 1. The molecule has 24 heavy (non-hydrogen) atoms. The van der Waals surface area contributed by atoms with E-state index in [0.29, 0.717) is 12.8 Å². The number of aryl methyl sites for hydroxylation is 2. The van der Waals surface area contributed by atoms with Gasteiger partial charge in [0.2, 0.25) is 5.91 Å². The molecule has 1 atom stereocenters. The summed E-state index contributed by atoms with van der Waals surface area (Å²) < 4.78 is 0. The second kappa shape index (κ2) is 7.38. The van der Waals surface area contributed by atoms with Gasteiger partial charge in [-0.15, -0.1) is 0 Å². The quantitative estimate of drug-likeness (QED) is 0.667. The van der Waals surface area contributed by atoms with Crippen LogP contribution >= 0.6 is 11.8 Å². The fraction of sp³-hybridized carbons (Fsp3) is 0.500. The maximum atomic E-state index is 12.7. The van der Waals surface area contributed by atoms with Crippen molar-refractivity contribution >= 4 is 17.7 Å². The molecule has 0 spiro atoms. The average molecular weight is 344 g/mol. The van der Waals surface area contributed by atoms with Gasteiger partial charge in [0.1, 0.15) is 0 Å². The Labute approximate surface area is 147 Å². The molecule has 1 amide bonds. The van der Waals surface area contributed by atoms with Gasteiger partial charge in [-0.3, -0.25) is 4.79 Å². The molecule has 5 nitrogen and oxygen atoms in total. The topological polar surface area (TPSA) is 61.9 Å². The highest BCUT2D eigenvalue weighted by Gasteiger charge is 2.30. The van der Waals surface area contributed by atoms with Crippen LogP contribution in [-0.2, 0) is 11.2 Å². The molecular weight excluding hydrogens is 320 g/mol. The fourth-order valence-electron chi connectivity index (χ4n) is 3.48. The van der Waals surface area contributed by atoms with Gasteiger partial charge in [-0.25, -0.2) is 9.97 Å². The van der Waals surface area contributed by atoms with Gasteiger partial charge in [0.25, 0.3) is 0 Å². The summed E-state index contributed by atoms with van der Waals surface area (Å²) in [7, 11) is 0. The number of nitrogens with one attached hydrogen (secondary N) is 1. The molecule has 2 aromatic heterocycles. The van der Waals surface area contributed by atoms with E-state index in [1.54, 1.807) is 11.8 Å². The van der Waals surface area contributed by atoms with E-state index in [4.69, 9.17) is 0 Å². The Hall–Kier alpha value is -1.82. The molecule has 0 bridgehead atoms. The lowest BCUT2D eigenvalue weighted by Crippen LogP contribution is -2.31. The Kier molecular flexibility index (Phi) is 5.23. The lowest BCUT2D eigenvalue weighted by atomic mass is 10.1. The SMILES string of the molecule is CSc1nc(C)c(CCC(=O)N2CCC[C@@H]2c2ccc[nH]2)c(C)n1. The molecule has 3 rings (SSSR count).